The van der Waals surface area contributed by atoms with Crippen LogP contribution in [0.2, 0.25) is 0 Å². The van der Waals surface area contributed by atoms with Crippen molar-refractivity contribution in [2.75, 3.05) is 6.54 Å². The molecule has 20 heavy (non-hydrogen) atoms. The number of nitrogens with zero attached hydrogens (tertiary/aromatic N) is 1. The molecule has 1 heterocycles. The highest BCUT2D eigenvalue weighted by Crippen LogP contribution is 2.25. The van der Waals surface area contributed by atoms with E-state index < -0.39 is 0 Å². The van der Waals surface area contributed by atoms with Gasteiger partial charge in [0.25, 0.3) is 5.91 Å². The number of fused-ring (bicyclic) bond motifs is 1. The van der Waals surface area contributed by atoms with E-state index in [2.05, 4.69) is 35.0 Å². The SMILES string of the molecule is CCC1CCCN1C(=O)c1ccc2cc(Br)ccc2c1. The van der Waals surface area contributed by atoms with Gasteiger partial charge in [0.05, 0.1) is 0 Å². The number of likely N-dealkylation sites (tertiary alicyclic amines) is 1. The molecule has 104 valence electrons. The number of benzene rings is 2. The van der Waals surface area contributed by atoms with Crippen LogP contribution in [0.15, 0.2) is 40.9 Å². The third-order valence-corrected chi connectivity index (χ3v) is 4.65. The fourth-order valence-corrected chi connectivity index (χ4v) is 3.42. The molecule has 1 unspecified atom stereocenters. The molecule has 2 aromatic rings. The summed E-state index contributed by atoms with van der Waals surface area (Å²) in [6.07, 6.45) is 3.32. The predicted octanol–water partition coefficient (Wildman–Crippen LogP) is 4.62. The van der Waals surface area contributed by atoms with Crippen molar-refractivity contribution in [3.05, 3.63) is 46.4 Å². The van der Waals surface area contributed by atoms with Crippen LogP contribution in [0.4, 0.5) is 0 Å². The van der Waals surface area contributed by atoms with E-state index in [1.165, 1.54) is 0 Å². The quantitative estimate of drug-likeness (QED) is 0.786. The van der Waals surface area contributed by atoms with Gasteiger partial charge in [-0.3, -0.25) is 4.79 Å². The van der Waals surface area contributed by atoms with Crippen LogP contribution in [0.25, 0.3) is 10.8 Å². The highest BCUT2D eigenvalue weighted by Gasteiger charge is 2.27. The fourth-order valence-electron chi connectivity index (χ4n) is 3.04. The summed E-state index contributed by atoms with van der Waals surface area (Å²) in [5.41, 5.74) is 0.806. The average molecular weight is 332 g/mol. The van der Waals surface area contributed by atoms with Gasteiger partial charge in [-0.1, -0.05) is 35.0 Å². The maximum atomic E-state index is 12.6. The molecule has 1 amide bonds. The Balaban J connectivity index is 1.93. The van der Waals surface area contributed by atoms with Crippen LogP contribution >= 0.6 is 15.9 Å². The molecule has 0 spiro atoms. The molecular weight excluding hydrogens is 314 g/mol. The molecule has 1 fully saturated rings. The van der Waals surface area contributed by atoms with Crippen LogP contribution in [-0.4, -0.2) is 23.4 Å². The summed E-state index contributed by atoms with van der Waals surface area (Å²) < 4.78 is 1.06. The van der Waals surface area contributed by atoms with Crippen LogP contribution in [0, 0.1) is 0 Å². The zero-order valence-electron chi connectivity index (χ0n) is 11.6. The summed E-state index contributed by atoms with van der Waals surface area (Å²) in [5.74, 6) is 0.180. The summed E-state index contributed by atoms with van der Waals surface area (Å²) in [7, 11) is 0. The van der Waals surface area contributed by atoms with Crippen LogP contribution in [0.1, 0.15) is 36.5 Å². The molecule has 1 aliphatic rings. The van der Waals surface area contributed by atoms with E-state index >= 15 is 0 Å². The number of hydrogen-bond donors (Lipinski definition) is 0. The molecule has 3 heteroatoms. The lowest BCUT2D eigenvalue weighted by Crippen LogP contribution is -2.35. The van der Waals surface area contributed by atoms with Crippen molar-refractivity contribution in [1.82, 2.24) is 4.90 Å². The molecule has 0 N–H and O–H groups in total. The van der Waals surface area contributed by atoms with Gasteiger partial charge in [0.2, 0.25) is 0 Å². The molecule has 0 saturated carbocycles. The van der Waals surface area contributed by atoms with Crippen molar-refractivity contribution in [1.29, 1.82) is 0 Å². The fraction of sp³-hybridized carbons (Fsp3) is 0.353. The minimum Gasteiger partial charge on any atom is -0.336 e. The lowest BCUT2D eigenvalue weighted by molar-refractivity contribution is 0.0734. The van der Waals surface area contributed by atoms with Gasteiger partial charge in [0, 0.05) is 22.6 Å². The predicted molar refractivity (Wildman–Crippen MR) is 86.0 cm³/mol. The third-order valence-electron chi connectivity index (χ3n) is 4.16. The first kappa shape index (κ1) is 13.6. The second-order valence-electron chi connectivity index (χ2n) is 5.41. The van der Waals surface area contributed by atoms with E-state index in [0.717, 1.165) is 46.6 Å². The van der Waals surface area contributed by atoms with Crippen LogP contribution in [-0.2, 0) is 0 Å². The molecule has 2 aromatic carbocycles. The van der Waals surface area contributed by atoms with Gasteiger partial charge >= 0.3 is 0 Å². The zero-order valence-corrected chi connectivity index (χ0v) is 13.2. The summed E-state index contributed by atoms with van der Waals surface area (Å²) >= 11 is 3.48. The largest absolute Gasteiger partial charge is 0.336 e. The Bertz CT molecular complexity index is 652. The Hall–Kier alpha value is -1.35. The summed E-state index contributed by atoms with van der Waals surface area (Å²) in [5, 5.41) is 2.27. The lowest BCUT2D eigenvalue weighted by atomic mass is 10.1. The van der Waals surface area contributed by atoms with Crippen molar-refractivity contribution < 1.29 is 4.79 Å². The summed E-state index contributed by atoms with van der Waals surface area (Å²) in [6.45, 7) is 3.06. The number of carbonyl (C=O) groups is 1. The van der Waals surface area contributed by atoms with E-state index in [1.54, 1.807) is 0 Å². The minimum absolute atomic E-state index is 0.180. The molecule has 1 atom stereocenters. The molecule has 1 saturated heterocycles. The average Bonchev–Trinajstić information content (AvgIpc) is 2.94. The van der Waals surface area contributed by atoms with Crippen molar-refractivity contribution in [3.8, 4) is 0 Å². The minimum atomic E-state index is 0.180. The third kappa shape index (κ3) is 2.47. The number of hydrogen-bond acceptors (Lipinski definition) is 1. The van der Waals surface area contributed by atoms with Crippen molar-refractivity contribution in [2.45, 2.75) is 32.2 Å². The van der Waals surface area contributed by atoms with Crippen molar-refractivity contribution in [2.24, 2.45) is 0 Å². The Morgan fingerprint density at radius 1 is 1.25 bits per heavy atom. The van der Waals surface area contributed by atoms with Crippen LogP contribution in [0.5, 0.6) is 0 Å². The number of carbonyl (C=O) groups excluding carboxylic acids is 1. The van der Waals surface area contributed by atoms with Gasteiger partial charge in [-0.05, 0) is 54.3 Å². The first-order valence-electron chi connectivity index (χ1n) is 7.19. The lowest BCUT2D eigenvalue weighted by Gasteiger charge is -2.23. The first-order chi connectivity index (χ1) is 9.69. The van der Waals surface area contributed by atoms with Gasteiger partial charge < -0.3 is 4.90 Å². The number of amides is 1. The maximum absolute atomic E-state index is 12.6. The van der Waals surface area contributed by atoms with E-state index in [9.17, 15) is 4.79 Å². The highest BCUT2D eigenvalue weighted by atomic mass is 79.9. The Morgan fingerprint density at radius 2 is 2.00 bits per heavy atom. The van der Waals surface area contributed by atoms with Gasteiger partial charge in [-0.25, -0.2) is 0 Å². The molecule has 0 bridgehead atoms. The molecule has 1 aliphatic heterocycles. The van der Waals surface area contributed by atoms with Gasteiger partial charge in [-0.2, -0.15) is 0 Å². The molecule has 2 nitrogen and oxygen atoms in total. The standard InChI is InChI=1S/C17H18BrNO/c1-2-16-4-3-9-19(16)17(20)14-6-5-13-11-15(18)8-7-12(13)10-14/h5-8,10-11,16H,2-4,9H2,1H3. The molecule has 0 aromatic heterocycles. The normalized spacial score (nSPS) is 18.7. The number of rotatable bonds is 2. The van der Waals surface area contributed by atoms with E-state index in [0.29, 0.717) is 6.04 Å². The molecular formula is C17H18BrNO. The summed E-state index contributed by atoms with van der Waals surface area (Å²) in [6, 6.07) is 12.6. The monoisotopic (exact) mass is 331 g/mol. The van der Waals surface area contributed by atoms with Gasteiger partial charge in [0.15, 0.2) is 0 Å². The number of halogens is 1. The van der Waals surface area contributed by atoms with Gasteiger partial charge in [0.1, 0.15) is 0 Å². The van der Waals surface area contributed by atoms with Crippen LogP contribution < -0.4 is 0 Å². The van der Waals surface area contributed by atoms with Crippen molar-refractivity contribution >= 4 is 32.6 Å². The molecule has 3 rings (SSSR count). The molecule has 0 aliphatic carbocycles. The Labute approximate surface area is 127 Å². The summed E-state index contributed by atoms with van der Waals surface area (Å²) in [4.78, 5) is 14.7. The van der Waals surface area contributed by atoms with E-state index in [4.69, 9.17) is 0 Å². The second kappa shape index (κ2) is 5.57. The highest BCUT2D eigenvalue weighted by molar-refractivity contribution is 9.10. The zero-order chi connectivity index (χ0) is 14.1. The first-order valence-corrected chi connectivity index (χ1v) is 7.98. The molecule has 0 radical (unpaired) electrons. The van der Waals surface area contributed by atoms with Crippen LogP contribution in [0.3, 0.4) is 0 Å². The Morgan fingerprint density at radius 3 is 2.80 bits per heavy atom. The van der Waals surface area contributed by atoms with E-state index in [1.807, 2.05) is 29.2 Å². The van der Waals surface area contributed by atoms with Gasteiger partial charge in [-0.15, -0.1) is 0 Å². The van der Waals surface area contributed by atoms with E-state index in [-0.39, 0.29) is 5.91 Å². The maximum Gasteiger partial charge on any atom is 0.254 e. The topological polar surface area (TPSA) is 20.3 Å². The van der Waals surface area contributed by atoms with Crippen molar-refractivity contribution in [3.63, 3.8) is 0 Å². The Kier molecular flexibility index (Phi) is 3.79. The second-order valence-corrected chi connectivity index (χ2v) is 6.32. The smallest absolute Gasteiger partial charge is 0.254 e.